The Morgan fingerprint density at radius 2 is 1.80 bits per heavy atom. The van der Waals surface area contributed by atoms with Gasteiger partial charge >= 0.3 is 0 Å². The van der Waals surface area contributed by atoms with Gasteiger partial charge in [-0.25, -0.2) is 4.39 Å². The number of carbonyl (C=O) groups is 2. The first-order valence-electron chi connectivity index (χ1n) is 5.59. The molecule has 2 N–H and O–H groups in total. The molecule has 0 aliphatic rings. The minimum atomic E-state index is -0.649. The van der Waals surface area contributed by atoms with Crippen molar-refractivity contribution in [2.45, 2.75) is 6.92 Å². The molecule has 0 bridgehead atoms. The van der Waals surface area contributed by atoms with Crippen LogP contribution in [0.15, 0.2) is 34.9 Å². The van der Waals surface area contributed by atoms with Gasteiger partial charge in [-0.15, -0.1) is 0 Å². The van der Waals surface area contributed by atoms with Crippen LogP contribution in [0.1, 0.15) is 26.5 Å². The Bertz CT molecular complexity index is 669. The Kier molecular flexibility index (Phi) is 4.05. The summed E-state index contributed by atoms with van der Waals surface area (Å²) in [6.45, 7) is 1.62. The summed E-state index contributed by atoms with van der Waals surface area (Å²) in [6, 6.07) is 4.81. The van der Waals surface area contributed by atoms with Crippen LogP contribution in [0.2, 0.25) is 5.02 Å². The van der Waals surface area contributed by atoms with Crippen molar-refractivity contribution in [3.8, 4) is 0 Å². The summed E-state index contributed by atoms with van der Waals surface area (Å²) in [4.78, 5) is 23.5. The summed E-state index contributed by atoms with van der Waals surface area (Å²) in [5, 5.41) is -0.0451. The van der Waals surface area contributed by atoms with E-state index in [2.05, 4.69) is 10.9 Å². The smallest absolute Gasteiger partial charge is 0.273 e. The molecule has 2 amide bonds. The van der Waals surface area contributed by atoms with E-state index in [-0.39, 0.29) is 10.6 Å². The Morgan fingerprint density at radius 3 is 2.35 bits per heavy atom. The lowest BCUT2D eigenvalue weighted by atomic mass is 10.2. The molecule has 0 aliphatic carbocycles. The fourth-order valence-electron chi connectivity index (χ4n) is 1.54. The van der Waals surface area contributed by atoms with Gasteiger partial charge in [-0.3, -0.25) is 20.4 Å². The highest BCUT2D eigenvalue weighted by molar-refractivity contribution is 6.33. The maximum absolute atomic E-state index is 12.9. The van der Waals surface area contributed by atoms with Crippen LogP contribution in [0.3, 0.4) is 0 Å². The predicted molar refractivity (Wildman–Crippen MR) is 69.8 cm³/mol. The Morgan fingerprint density at radius 1 is 1.15 bits per heavy atom. The van der Waals surface area contributed by atoms with E-state index in [1.807, 2.05) is 0 Å². The number of hydrogen-bond acceptors (Lipinski definition) is 3. The third-order valence-corrected chi connectivity index (χ3v) is 2.88. The Balaban J connectivity index is 2.02. The number of halogens is 2. The van der Waals surface area contributed by atoms with Crippen LogP contribution in [0.5, 0.6) is 0 Å². The summed E-state index contributed by atoms with van der Waals surface area (Å²) >= 11 is 5.74. The van der Waals surface area contributed by atoms with Crippen molar-refractivity contribution in [3.05, 3.63) is 58.3 Å². The monoisotopic (exact) mass is 296 g/mol. The molecule has 0 fully saturated rings. The summed E-state index contributed by atoms with van der Waals surface area (Å²) in [7, 11) is 0. The van der Waals surface area contributed by atoms with Crippen molar-refractivity contribution < 1.29 is 18.4 Å². The Hall–Kier alpha value is -2.34. The molecular formula is C13H10ClFN2O3. The van der Waals surface area contributed by atoms with Crippen LogP contribution in [0, 0.1) is 12.7 Å². The van der Waals surface area contributed by atoms with Crippen molar-refractivity contribution in [2.24, 2.45) is 0 Å². The standard InChI is InChI=1S/C13H10ClFN2O3/c1-7-9(4-5-20-7)12(18)16-17-13(19)10-3-2-8(15)6-11(10)14/h2-6H,1H3,(H,16,18)(H,17,19). The number of furan rings is 1. The lowest BCUT2D eigenvalue weighted by molar-refractivity contribution is 0.0845. The van der Waals surface area contributed by atoms with Gasteiger partial charge in [0.2, 0.25) is 0 Å². The van der Waals surface area contributed by atoms with Gasteiger partial charge in [-0.1, -0.05) is 11.6 Å². The molecule has 0 saturated carbocycles. The number of amides is 2. The molecule has 2 rings (SSSR count). The zero-order valence-electron chi connectivity index (χ0n) is 10.4. The topological polar surface area (TPSA) is 71.3 Å². The second-order valence-corrected chi connectivity index (χ2v) is 4.33. The lowest BCUT2D eigenvalue weighted by Gasteiger charge is -2.08. The average molecular weight is 297 g/mol. The Labute approximate surface area is 118 Å². The number of hydrazine groups is 1. The maximum Gasteiger partial charge on any atom is 0.273 e. The zero-order chi connectivity index (χ0) is 14.7. The molecule has 0 radical (unpaired) electrons. The third-order valence-electron chi connectivity index (χ3n) is 2.57. The predicted octanol–water partition coefficient (Wildman–Crippen LogP) is 2.46. The molecule has 104 valence electrons. The summed E-state index contributed by atoms with van der Waals surface area (Å²) in [5.74, 6) is -1.30. The molecule has 0 spiro atoms. The molecule has 0 saturated heterocycles. The number of rotatable bonds is 2. The fraction of sp³-hybridized carbons (Fsp3) is 0.0769. The minimum Gasteiger partial charge on any atom is -0.469 e. The zero-order valence-corrected chi connectivity index (χ0v) is 11.1. The second kappa shape index (κ2) is 5.75. The number of hydrogen-bond donors (Lipinski definition) is 2. The van der Waals surface area contributed by atoms with Gasteiger partial charge < -0.3 is 4.42 Å². The summed E-state index contributed by atoms with van der Waals surface area (Å²) in [6.07, 6.45) is 1.36. The van der Waals surface area contributed by atoms with Crippen LogP contribution in [-0.2, 0) is 0 Å². The van der Waals surface area contributed by atoms with Crippen molar-refractivity contribution >= 4 is 23.4 Å². The molecule has 1 aromatic heterocycles. The number of benzene rings is 1. The highest BCUT2D eigenvalue weighted by atomic mass is 35.5. The third kappa shape index (κ3) is 2.97. The van der Waals surface area contributed by atoms with E-state index in [0.29, 0.717) is 11.3 Å². The molecule has 20 heavy (non-hydrogen) atoms. The lowest BCUT2D eigenvalue weighted by Crippen LogP contribution is -2.41. The van der Waals surface area contributed by atoms with E-state index in [1.165, 1.54) is 18.4 Å². The van der Waals surface area contributed by atoms with Crippen molar-refractivity contribution in [1.29, 1.82) is 0 Å². The van der Waals surface area contributed by atoms with E-state index in [4.69, 9.17) is 16.0 Å². The van der Waals surface area contributed by atoms with Gasteiger partial charge in [0.1, 0.15) is 11.6 Å². The highest BCUT2D eigenvalue weighted by Gasteiger charge is 2.14. The molecule has 0 aliphatic heterocycles. The van der Waals surface area contributed by atoms with Gasteiger partial charge in [0.15, 0.2) is 0 Å². The highest BCUT2D eigenvalue weighted by Crippen LogP contribution is 2.16. The van der Waals surface area contributed by atoms with E-state index < -0.39 is 17.6 Å². The van der Waals surface area contributed by atoms with Crippen LogP contribution in [-0.4, -0.2) is 11.8 Å². The molecule has 0 unspecified atom stereocenters. The molecular weight excluding hydrogens is 287 g/mol. The fourth-order valence-corrected chi connectivity index (χ4v) is 1.80. The molecule has 1 aromatic carbocycles. The van der Waals surface area contributed by atoms with E-state index in [1.54, 1.807) is 6.92 Å². The van der Waals surface area contributed by atoms with Gasteiger partial charge in [-0.05, 0) is 31.2 Å². The molecule has 0 atom stereocenters. The first-order valence-corrected chi connectivity index (χ1v) is 5.96. The van der Waals surface area contributed by atoms with Crippen molar-refractivity contribution in [1.82, 2.24) is 10.9 Å². The molecule has 1 heterocycles. The van der Waals surface area contributed by atoms with Crippen molar-refractivity contribution in [2.75, 3.05) is 0 Å². The maximum atomic E-state index is 12.9. The van der Waals surface area contributed by atoms with Gasteiger partial charge in [0.05, 0.1) is 22.4 Å². The molecule has 2 aromatic rings. The van der Waals surface area contributed by atoms with Crippen LogP contribution in [0.4, 0.5) is 4.39 Å². The van der Waals surface area contributed by atoms with Gasteiger partial charge in [0.25, 0.3) is 11.8 Å². The minimum absolute atomic E-state index is 0.0451. The first kappa shape index (κ1) is 14.1. The van der Waals surface area contributed by atoms with Crippen molar-refractivity contribution in [3.63, 3.8) is 0 Å². The van der Waals surface area contributed by atoms with Gasteiger partial charge in [-0.2, -0.15) is 0 Å². The number of aryl methyl sites for hydroxylation is 1. The SMILES string of the molecule is Cc1occc1C(=O)NNC(=O)c1ccc(F)cc1Cl. The van der Waals surface area contributed by atoms with E-state index >= 15 is 0 Å². The van der Waals surface area contributed by atoms with Crippen LogP contribution < -0.4 is 10.9 Å². The van der Waals surface area contributed by atoms with Gasteiger partial charge in [0, 0.05) is 0 Å². The largest absolute Gasteiger partial charge is 0.469 e. The van der Waals surface area contributed by atoms with Crippen LogP contribution in [0.25, 0.3) is 0 Å². The number of nitrogens with one attached hydrogen (secondary N) is 2. The van der Waals surface area contributed by atoms with E-state index in [9.17, 15) is 14.0 Å². The molecule has 7 heteroatoms. The first-order chi connectivity index (χ1) is 9.49. The molecule has 5 nitrogen and oxygen atoms in total. The second-order valence-electron chi connectivity index (χ2n) is 3.92. The van der Waals surface area contributed by atoms with E-state index in [0.717, 1.165) is 12.1 Å². The summed E-state index contributed by atoms with van der Waals surface area (Å²) in [5.41, 5.74) is 4.76. The average Bonchev–Trinajstić information content (AvgIpc) is 2.82. The quantitative estimate of drug-likeness (QED) is 0.836. The summed E-state index contributed by atoms with van der Waals surface area (Å²) < 4.78 is 17.8. The number of carbonyl (C=O) groups excluding carboxylic acids is 2. The normalized spacial score (nSPS) is 10.2. The van der Waals surface area contributed by atoms with Crippen LogP contribution >= 0.6 is 11.6 Å².